The first-order valence-electron chi connectivity index (χ1n) is 9.24. The predicted molar refractivity (Wildman–Crippen MR) is 109 cm³/mol. The quantitative estimate of drug-likeness (QED) is 0.470. The fourth-order valence-corrected chi connectivity index (χ4v) is 2.65. The van der Waals surface area contributed by atoms with Crippen LogP contribution in [-0.4, -0.2) is 45.1 Å². The van der Waals surface area contributed by atoms with Crippen molar-refractivity contribution >= 4 is 17.7 Å². The van der Waals surface area contributed by atoms with E-state index in [0.29, 0.717) is 22.8 Å². The van der Waals surface area contributed by atoms with Crippen molar-refractivity contribution in [2.24, 2.45) is 0 Å². The lowest BCUT2D eigenvalue weighted by Gasteiger charge is -2.18. The highest BCUT2D eigenvalue weighted by Gasteiger charge is 2.16. The number of hydrogen-bond acceptors (Lipinski definition) is 7. The molecule has 8 nitrogen and oxygen atoms in total. The molecule has 0 bridgehead atoms. The Morgan fingerprint density at radius 3 is 2.20 bits per heavy atom. The number of rotatable bonds is 10. The average Bonchev–Trinajstić information content (AvgIpc) is 2.75. The standard InChI is InChI=1S/C22H25NO7/c1-14(19-11-18(27-3)9-10-20(19)28-4)23-21(25)12-30-22(26)13-29-17-7-5-16(6-8-17)15(2)24/h5-11,14H,12-13H2,1-4H3,(H,23,25)/t14-/m1/s1. The van der Waals surface area contributed by atoms with Crippen LogP contribution in [0.1, 0.15) is 35.8 Å². The lowest BCUT2D eigenvalue weighted by atomic mass is 10.1. The van der Waals surface area contributed by atoms with Crippen molar-refractivity contribution in [2.75, 3.05) is 27.4 Å². The number of benzene rings is 2. The van der Waals surface area contributed by atoms with Gasteiger partial charge >= 0.3 is 5.97 Å². The van der Waals surface area contributed by atoms with Crippen LogP contribution >= 0.6 is 0 Å². The number of carbonyl (C=O) groups is 3. The van der Waals surface area contributed by atoms with Crippen molar-refractivity contribution in [1.29, 1.82) is 0 Å². The van der Waals surface area contributed by atoms with E-state index >= 15 is 0 Å². The Bertz CT molecular complexity index is 893. The molecular weight excluding hydrogens is 390 g/mol. The van der Waals surface area contributed by atoms with Crippen LogP contribution in [0.5, 0.6) is 17.2 Å². The van der Waals surface area contributed by atoms with Crippen molar-refractivity contribution in [3.8, 4) is 17.2 Å². The minimum absolute atomic E-state index is 0.0623. The van der Waals surface area contributed by atoms with Crippen LogP contribution in [-0.2, 0) is 14.3 Å². The largest absolute Gasteiger partial charge is 0.497 e. The number of ether oxygens (including phenoxy) is 4. The van der Waals surface area contributed by atoms with Crippen molar-refractivity contribution in [3.63, 3.8) is 0 Å². The van der Waals surface area contributed by atoms with Crippen LogP contribution in [0.25, 0.3) is 0 Å². The van der Waals surface area contributed by atoms with Gasteiger partial charge in [-0.1, -0.05) is 0 Å². The highest BCUT2D eigenvalue weighted by Crippen LogP contribution is 2.29. The fourth-order valence-electron chi connectivity index (χ4n) is 2.65. The van der Waals surface area contributed by atoms with Gasteiger partial charge in [-0.05, 0) is 56.3 Å². The number of methoxy groups -OCH3 is 2. The summed E-state index contributed by atoms with van der Waals surface area (Å²) >= 11 is 0. The van der Waals surface area contributed by atoms with E-state index in [1.54, 1.807) is 56.5 Å². The van der Waals surface area contributed by atoms with Crippen LogP contribution < -0.4 is 19.5 Å². The SMILES string of the molecule is COc1ccc(OC)c([C@@H](C)NC(=O)COC(=O)COc2ccc(C(C)=O)cc2)c1. The Hall–Kier alpha value is -3.55. The molecule has 2 aromatic rings. The molecule has 1 N–H and O–H groups in total. The number of carbonyl (C=O) groups excluding carboxylic acids is 3. The smallest absolute Gasteiger partial charge is 0.344 e. The zero-order valence-corrected chi connectivity index (χ0v) is 17.4. The topological polar surface area (TPSA) is 100 Å². The first kappa shape index (κ1) is 22.7. The summed E-state index contributed by atoms with van der Waals surface area (Å²) in [5, 5.41) is 2.74. The van der Waals surface area contributed by atoms with Gasteiger partial charge < -0.3 is 24.3 Å². The monoisotopic (exact) mass is 415 g/mol. The average molecular weight is 415 g/mol. The first-order chi connectivity index (χ1) is 14.3. The Morgan fingerprint density at radius 1 is 0.933 bits per heavy atom. The van der Waals surface area contributed by atoms with E-state index in [2.05, 4.69) is 5.32 Å². The highest BCUT2D eigenvalue weighted by atomic mass is 16.6. The molecule has 2 rings (SSSR count). The number of Topliss-reactive ketones (excluding diaryl/α,β-unsaturated/α-hetero) is 1. The second-order valence-electron chi connectivity index (χ2n) is 6.43. The third-order valence-corrected chi connectivity index (χ3v) is 4.26. The van der Waals surface area contributed by atoms with Crippen LogP contribution in [0, 0.1) is 0 Å². The van der Waals surface area contributed by atoms with Crippen molar-refractivity contribution in [3.05, 3.63) is 53.6 Å². The molecule has 0 aromatic heterocycles. The molecule has 0 aliphatic heterocycles. The highest BCUT2D eigenvalue weighted by molar-refractivity contribution is 5.94. The van der Waals surface area contributed by atoms with E-state index < -0.39 is 24.5 Å². The van der Waals surface area contributed by atoms with Crippen LogP contribution in [0.3, 0.4) is 0 Å². The number of nitrogens with one attached hydrogen (secondary N) is 1. The van der Waals surface area contributed by atoms with E-state index in [-0.39, 0.29) is 12.4 Å². The van der Waals surface area contributed by atoms with Gasteiger partial charge in [0.2, 0.25) is 0 Å². The van der Waals surface area contributed by atoms with Crippen molar-refractivity contribution in [2.45, 2.75) is 19.9 Å². The summed E-state index contributed by atoms with van der Waals surface area (Å²) in [4.78, 5) is 35.2. The Balaban J connectivity index is 1.81. The molecular formula is C22H25NO7. The van der Waals surface area contributed by atoms with Crippen LogP contribution in [0.2, 0.25) is 0 Å². The summed E-state index contributed by atoms with van der Waals surface area (Å²) in [6, 6.07) is 11.2. The van der Waals surface area contributed by atoms with Gasteiger partial charge in [-0.15, -0.1) is 0 Å². The minimum Gasteiger partial charge on any atom is -0.497 e. The van der Waals surface area contributed by atoms with E-state index in [4.69, 9.17) is 18.9 Å². The molecule has 0 saturated heterocycles. The van der Waals surface area contributed by atoms with E-state index in [1.807, 2.05) is 0 Å². The maximum atomic E-state index is 12.1. The van der Waals surface area contributed by atoms with Gasteiger partial charge in [0.05, 0.1) is 20.3 Å². The van der Waals surface area contributed by atoms with Gasteiger partial charge in [-0.25, -0.2) is 4.79 Å². The van der Waals surface area contributed by atoms with Crippen LogP contribution in [0.15, 0.2) is 42.5 Å². The van der Waals surface area contributed by atoms with Gasteiger partial charge in [-0.3, -0.25) is 9.59 Å². The van der Waals surface area contributed by atoms with Gasteiger partial charge in [0, 0.05) is 11.1 Å². The molecule has 0 spiro atoms. The van der Waals surface area contributed by atoms with Crippen LogP contribution in [0.4, 0.5) is 0 Å². The summed E-state index contributed by atoms with van der Waals surface area (Å²) in [5.41, 5.74) is 1.28. The Morgan fingerprint density at radius 2 is 1.60 bits per heavy atom. The van der Waals surface area contributed by atoms with E-state index in [0.717, 1.165) is 5.56 Å². The summed E-state index contributed by atoms with van der Waals surface area (Å²) in [6.45, 7) is 2.45. The normalized spacial score (nSPS) is 11.2. The molecule has 8 heteroatoms. The lowest BCUT2D eigenvalue weighted by Crippen LogP contribution is -2.32. The third kappa shape index (κ3) is 6.51. The summed E-state index contributed by atoms with van der Waals surface area (Å²) in [6.07, 6.45) is 0. The van der Waals surface area contributed by atoms with Gasteiger partial charge in [0.25, 0.3) is 5.91 Å². The molecule has 0 unspecified atom stereocenters. The molecule has 1 atom stereocenters. The van der Waals surface area contributed by atoms with Crippen molar-refractivity contribution in [1.82, 2.24) is 5.32 Å². The molecule has 0 aliphatic rings. The maximum absolute atomic E-state index is 12.1. The summed E-state index contributed by atoms with van der Waals surface area (Å²) in [7, 11) is 3.09. The third-order valence-electron chi connectivity index (χ3n) is 4.26. The molecule has 0 radical (unpaired) electrons. The summed E-state index contributed by atoms with van der Waals surface area (Å²) in [5.74, 6) is 0.434. The molecule has 0 heterocycles. The number of ketones is 1. The Kier molecular flexibility index (Phi) is 8.22. The number of esters is 1. The van der Waals surface area contributed by atoms with Crippen molar-refractivity contribution < 1.29 is 33.3 Å². The minimum atomic E-state index is -0.688. The predicted octanol–water partition coefficient (Wildman–Crippen LogP) is 2.71. The molecule has 0 fully saturated rings. The first-order valence-corrected chi connectivity index (χ1v) is 9.24. The molecule has 30 heavy (non-hydrogen) atoms. The molecule has 0 saturated carbocycles. The zero-order chi connectivity index (χ0) is 22.1. The maximum Gasteiger partial charge on any atom is 0.344 e. The van der Waals surface area contributed by atoms with E-state index in [1.165, 1.54) is 14.0 Å². The second-order valence-corrected chi connectivity index (χ2v) is 6.43. The molecule has 1 amide bonds. The molecule has 160 valence electrons. The van der Waals surface area contributed by atoms with Gasteiger partial charge in [-0.2, -0.15) is 0 Å². The molecule has 0 aliphatic carbocycles. The van der Waals surface area contributed by atoms with Gasteiger partial charge in [0.1, 0.15) is 17.2 Å². The van der Waals surface area contributed by atoms with Gasteiger partial charge in [0.15, 0.2) is 19.0 Å². The summed E-state index contributed by atoms with van der Waals surface area (Å²) < 4.78 is 20.7. The Labute approximate surface area is 175 Å². The lowest BCUT2D eigenvalue weighted by molar-refractivity contribution is -0.150. The molecule has 2 aromatic carbocycles. The number of amides is 1. The number of hydrogen-bond donors (Lipinski definition) is 1. The zero-order valence-electron chi connectivity index (χ0n) is 17.4. The van der Waals surface area contributed by atoms with E-state index in [9.17, 15) is 14.4 Å². The second kappa shape index (κ2) is 10.8. The fraction of sp³-hybridized carbons (Fsp3) is 0.318.